The molecule has 0 aliphatic carbocycles. The number of amides is 1. The molecule has 4 N–H and O–H groups in total. The van der Waals surface area contributed by atoms with Crippen molar-refractivity contribution < 1.29 is 32.6 Å². The first-order chi connectivity index (χ1) is 12.7. The molecule has 0 saturated carbocycles. The summed E-state index contributed by atoms with van der Waals surface area (Å²) in [6, 6.07) is 6.00. The van der Waals surface area contributed by atoms with Crippen molar-refractivity contribution in [3.05, 3.63) is 63.8 Å². The number of H-pyrrole nitrogens is 1. The largest absolute Gasteiger partial charge is 0.393 e. The van der Waals surface area contributed by atoms with Crippen LogP contribution in [0.15, 0.2) is 24.3 Å². The van der Waals surface area contributed by atoms with Gasteiger partial charge in [-0.05, 0) is 24.3 Å². The Balaban J connectivity index is 2.00. The number of hydrogen-bond donors (Lipinski definition) is 4. The van der Waals surface area contributed by atoms with Gasteiger partial charge in [-0.25, -0.2) is 17.6 Å². The molecule has 2 aromatic carbocycles. The second-order valence-electron chi connectivity index (χ2n) is 5.61. The standard InChI is InChI=1S/C17H11ClF4N2O3/c18-7-1-2-8-6(3-7)4-9(23-8)17(27)24-16-14(21)12(19)11(10(26)5-25)13(20)15(16)22/h1-4,10,23,25-26H,5H2,(H,24,27). The van der Waals surface area contributed by atoms with Crippen LogP contribution in [0.1, 0.15) is 22.2 Å². The molecular weight excluding hydrogens is 392 g/mol. The van der Waals surface area contributed by atoms with E-state index in [1.807, 2.05) is 0 Å². The molecule has 0 saturated heterocycles. The van der Waals surface area contributed by atoms with Crippen LogP contribution in [0.5, 0.6) is 0 Å². The van der Waals surface area contributed by atoms with E-state index in [1.165, 1.54) is 12.1 Å². The summed E-state index contributed by atoms with van der Waals surface area (Å²) in [5.41, 5.74) is -2.36. The molecule has 0 spiro atoms. The molecule has 1 heterocycles. The Hall–Kier alpha value is -2.62. The van der Waals surface area contributed by atoms with Crippen molar-refractivity contribution in [2.75, 3.05) is 11.9 Å². The third-order valence-corrected chi connectivity index (χ3v) is 4.10. The van der Waals surface area contributed by atoms with Crippen molar-refractivity contribution in [1.29, 1.82) is 0 Å². The molecule has 1 unspecified atom stereocenters. The van der Waals surface area contributed by atoms with Gasteiger partial charge in [0.25, 0.3) is 5.91 Å². The summed E-state index contributed by atoms with van der Waals surface area (Å²) in [6.45, 7) is -1.16. The van der Waals surface area contributed by atoms with Gasteiger partial charge in [-0.15, -0.1) is 0 Å². The highest BCUT2D eigenvalue weighted by Crippen LogP contribution is 2.32. The van der Waals surface area contributed by atoms with Crippen LogP contribution >= 0.6 is 11.6 Å². The number of fused-ring (bicyclic) bond motifs is 1. The quantitative estimate of drug-likeness (QED) is 0.397. The average molecular weight is 403 g/mol. The Morgan fingerprint density at radius 1 is 1.11 bits per heavy atom. The number of anilines is 1. The lowest BCUT2D eigenvalue weighted by atomic mass is 10.1. The van der Waals surface area contributed by atoms with Crippen LogP contribution in [-0.4, -0.2) is 27.7 Å². The minimum absolute atomic E-state index is 0.133. The Morgan fingerprint density at radius 3 is 2.33 bits per heavy atom. The zero-order chi connectivity index (χ0) is 19.9. The highest BCUT2D eigenvalue weighted by atomic mass is 35.5. The van der Waals surface area contributed by atoms with Crippen molar-refractivity contribution in [3.8, 4) is 0 Å². The van der Waals surface area contributed by atoms with Crippen molar-refractivity contribution in [2.45, 2.75) is 6.10 Å². The van der Waals surface area contributed by atoms with E-state index in [0.29, 0.717) is 15.9 Å². The van der Waals surface area contributed by atoms with Crippen LogP contribution in [0.3, 0.4) is 0 Å². The summed E-state index contributed by atoms with van der Waals surface area (Å²) in [4.78, 5) is 14.9. The fourth-order valence-electron chi connectivity index (χ4n) is 2.55. The monoisotopic (exact) mass is 402 g/mol. The number of hydrogen-bond acceptors (Lipinski definition) is 3. The van der Waals surface area contributed by atoms with Gasteiger partial charge in [0.1, 0.15) is 17.5 Å². The molecule has 1 atom stereocenters. The first kappa shape index (κ1) is 19.2. The van der Waals surface area contributed by atoms with Crippen molar-refractivity contribution >= 4 is 34.1 Å². The molecule has 0 fully saturated rings. The number of aromatic nitrogens is 1. The fraction of sp³-hybridized carbons (Fsp3) is 0.118. The Bertz CT molecular complexity index is 1030. The molecule has 3 rings (SSSR count). The minimum atomic E-state index is -2.17. The second kappa shape index (κ2) is 7.18. The number of benzene rings is 2. The summed E-state index contributed by atoms with van der Waals surface area (Å²) >= 11 is 5.83. The average Bonchev–Trinajstić information content (AvgIpc) is 3.06. The maximum Gasteiger partial charge on any atom is 0.272 e. The van der Waals surface area contributed by atoms with E-state index in [-0.39, 0.29) is 5.69 Å². The second-order valence-corrected chi connectivity index (χ2v) is 6.05. The molecule has 0 bridgehead atoms. The van der Waals surface area contributed by atoms with Crippen LogP contribution in [-0.2, 0) is 0 Å². The molecule has 0 aliphatic rings. The molecule has 142 valence electrons. The predicted octanol–water partition coefficient (Wildman–Crippen LogP) is 3.66. The lowest BCUT2D eigenvalue weighted by molar-refractivity contribution is 0.0879. The molecule has 3 aromatic rings. The van der Waals surface area contributed by atoms with Gasteiger partial charge in [0.2, 0.25) is 0 Å². The van der Waals surface area contributed by atoms with Crippen molar-refractivity contribution in [3.63, 3.8) is 0 Å². The SMILES string of the molecule is O=C(Nc1c(F)c(F)c(C(O)CO)c(F)c1F)c1cc2cc(Cl)ccc2[nH]1. The lowest BCUT2D eigenvalue weighted by Crippen LogP contribution is -2.19. The first-order valence-corrected chi connectivity index (χ1v) is 7.86. The summed E-state index contributed by atoms with van der Waals surface area (Å²) in [5, 5.41) is 20.8. The highest BCUT2D eigenvalue weighted by Gasteiger charge is 2.30. The molecule has 1 amide bonds. The zero-order valence-electron chi connectivity index (χ0n) is 13.3. The smallest absolute Gasteiger partial charge is 0.272 e. The van der Waals surface area contributed by atoms with E-state index in [9.17, 15) is 27.5 Å². The van der Waals surface area contributed by atoms with E-state index in [1.54, 1.807) is 17.4 Å². The molecule has 10 heteroatoms. The number of nitrogens with one attached hydrogen (secondary N) is 2. The first-order valence-electron chi connectivity index (χ1n) is 7.49. The Morgan fingerprint density at radius 2 is 1.74 bits per heavy atom. The summed E-state index contributed by atoms with van der Waals surface area (Å²) in [6.07, 6.45) is -2.17. The van der Waals surface area contributed by atoms with E-state index in [0.717, 1.165) is 0 Å². The van der Waals surface area contributed by atoms with Gasteiger partial charge < -0.3 is 20.5 Å². The summed E-state index contributed by atoms with van der Waals surface area (Å²) in [5.74, 6) is -8.73. The van der Waals surface area contributed by atoms with Crippen LogP contribution in [0.4, 0.5) is 23.2 Å². The van der Waals surface area contributed by atoms with Gasteiger partial charge in [0.05, 0.1) is 12.2 Å². The van der Waals surface area contributed by atoms with Crippen LogP contribution < -0.4 is 5.32 Å². The maximum absolute atomic E-state index is 14.1. The summed E-state index contributed by atoms with van der Waals surface area (Å²) in [7, 11) is 0. The Kier molecular flexibility index (Phi) is 5.09. The van der Waals surface area contributed by atoms with E-state index in [4.69, 9.17) is 16.7 Å². The molecular formula is C17H11ClF4N2O3. The van der Waals surface area contributed by atoms with Crippen molar-refractivity contribution in [2.24, 2.45) is 0 Å². The van der Waals surface area contributed by atoms with Crippen LogP contribution in [0.25, 0.3) is 10.9 Å². The molecule has 1 aromatic heterocycles. The number of aliphatic hydroxyl groups is 2. The molecule has 5 nitrogen and oxygen atoms in total. The van der Waals surface area contributed by atoms with E-state index < -0.39 is 53.1 Å². The number of halogens is 5. The van der Waals surface area contributed by atoms with Gasteiger partial charge >= 0.3 is 0 Å². The van der Waals surface area contributed by atoms with Gasteiger partial charge in [0, 0.05) is 15.9 Å². The highest BCUT2D eigenvalue weighted by molar-refractivity contribution is 6.31. The van der Waals surface area contributed by atoms with Gasteiger partial charge in [-0.3, -0.25) is 4.79 Å². The lowest BCUT2D eigenvalue weighted by Gasteiger charge is -2.15. The van der Waals surface area contributed by atoms with Gasteiger partial charge in [0.15, 0.2) is 23.3 Å². The predicted molar refractivity (Wildman–Crippen MR) is 89.6 cm³/mol. The normalized spacial score (nSPS) is 12.4. The number of aromatic amines is 1. The van der Waals surface area contributed by atoms with E-state index >= 15 is 0 Å². The number of aliphatic hydroxyl groups excluding tert-OH is 2. The van der Waals surface area contributed by atoms with Crippen LogP contribution in [0, 0.1) is 23.3 Å². The Labute approximate surface area is 154 Å². The number of rotatable bonds is 4. The maximum atomic E-state index is 14.1. The number of carbonyl (C=O) groups is 1. The van der Waals surface area contributed by atoms with Crippen molar-refractivity contribution in [1.82, 2.24) is 4.98 Å². The minimum Gasteiger partial charge on any atom is -0.393 e. The topological polar surface area (TPSA) is 85.3 Å². The molecule has 27 heavy (non-hydrogen) atoms. The fourth-order valence-corrected chi connectivity index (χ4v) is 2.73. The third kappa shape index (κ3) is 3.36. The van der Waals surface area contributed by atoms with Gasteiger partial charge in [-0.1, -0.05) is 11.6 Å². The molecule has 0 aliphatic heterocycles. The zero-order valence-corrected chi connectivity index (χ0v) is 14.0. The van der Waals surface area contributed by atoms with Gasteiger partial charge in [-0.2, -0.15) is 0 Å². The van der Waals surface area contributed by atoms with E-state index in [2.05, 4.69) is 4.98 Å². The van der Waals surface area contributed by atoms with Crippen LogP contribution in [0.2, 0.25) is 5.02 Å². The third-order valence-electron chi connectivity index (χ3n) is 3.87. The molecule has 0 radical (unpaired) electrons. The summed E-state index contributed by atoms with van der Waals surface area (Å²) < 4.78 is 56.2. The number of carbonyl (C=O) groups excluding carboxylic acids is 1.